The molecule has 158 valence electrons. The van der Waals surface area contributed by atoms with Crippen molar-refractivity contribution in [1.29, 1.82) is 0 Å². The molecule has 1 amide bonds. The van der Waals surface area contributed by atoms with Gasteiger partial charge in [0, 0.05) is 12.6 Å². The number of sulfone groups is 1. The number of amides is 1. The Morgan fingerprint density at radius 3 is 2.79 bits per heavy atom. The van der Waals surface area contributed by atoms with Crippen LogP contribution in [0.1, 0.15) is 37.3 Å². The lowest BCUT2D eigenvalue weighted by molar-refractivity contribution is -0.130. The molecular weight excluding hydrogens is 410 g/mol. The lowest BCUT2D eigenvalue weighted by atomic mass is 10.1. The minimum atomic E-state index is -3.05. The van der Waals surface area contributed by atoms with Crippen molar-refractivity contribution in [1.82, 2.24) is 25.1 Å². The Bertz CT molecular complexity index is 974. The number of aryl methyl sites for hydroxylation is 2. The van der Waals surface area contributed by atoms with Crippen molar-refractivity contribution in [2.45, 2.75) is 51.2 Å². The molecule has 1 aromatic heterocycles. The summed E-state index contributed by atoms with van der Waals surface area (Å²) < 4.78 is 25.4. The molecule has 0 saturated carbocycles. The van der Waals surface area contributed by atoms with Gasteiger partial charge in [-0.15, -0.1) is 5.10 Å². The van der Waals surface area contributed by atoms with Crippen molar-refractivity contribution in [3.8, 4) is 5.69 Å². The first-order chi connectivity index (χ1) is 13.8. The van der Waals surface area contributed by atoms with E-state index in [2.05, 4.69) is 28.5 Å². The first-order valence-electron chi connectivity index (χ1n) is 9.79. The van der Waals surface area contributed by atoms with Crippen LogP contribution in [0, 0.1) is 13.8 Å². The van der Waals surface area contributed by atoms with Crippen molar-refractivity contribution < 1.29 is 13.2 Å². The van der Waals surface area contributed by atoms with Gasteiger partial charge in [-0.2, -0.15) is 4.68 Å². The van der Waals surface area contributed by atoms with E-state index >= 15 is 0 Å². The van der Waals surface area contributed by atoms with Crippen molar-refractivity contribution in [3.63, 3.8) is 0 Å². The maximum atomic E-state index is 12.9. The monoisotopic (exact) mass is 437 g/mol. The highest BCUT2D eigenvalue weighted by Gasteiger charge is 2.34. The van der Waals surface area contributed by atoms with Crippen LogP contribution >= 0.6 is 11.8 Å². The van der Waals surface area contributed by atoms with Crippen LogP contribution in [0.4, 0.5) is 0 Å². The number of nitrogens with zero attached hydrogens (tertiary/aromatic N) is 5. The van der Waals surface area contributed by atoms with Gasteiger partial charge in [0.15, 0.2) is 9.84 Å². The first kappa shape index (κ1) is 21.8. The summed E-state index contributed by atoms with van der Waals surface area (Å²) in [6.07, 6.45) is 2.32. The van der Waals surface area contributed by atoms with Gasteiger partial charge in [0.05, 0.1) is 22.9 Å². The van der Waals surface area contributed by atoms with Crippen LogP contribution in [0.5, 0.6) is 0 Å². The smallest absolute Gasteiger partial charge is 0.233 e. The molecule has 1 unspecified atom stereocenters. The molecular formula is C19H27N5O3S2. The third-order valence-corrected chi connectivity index (χ3v) is 7.72. The van der Waals surface area contributed by atoms with E-state index in [9.17, 15) is 13.2 Å². The second kappa shape index (κ2) is 9.25. The summed E-state index contributed by atoms with van der Waals surface area (Å²) in [6, 6.07) is 5.79. The largest absolute Gasteiger partial charge is 0.338 e. The fourth-order valence-electron chi connectivity index (χ4n) is 3.53. The number of aromatic nitrogens is 4. The highest BCUT2D eigenvalue weighted by atomic mass is 32.2. The van der Waals surface area contributed by atoms with Gasteiger partial charge in [-0.1, -0.05) is 42.8 Å². The second-order valence-corrected chi connectivity index (χ2v) is 10.6. The number of carbonyl (C=O) groups excluding carboxylic acids is 1. The molecule has 3 rings (SSSR count). The molecule has 1 fully saturated rings. The van der Waals surface area contributed by atoms with Crippen LogP contribution in [-0.2, 0) is 14.6 Å². The Morgan fingerprint density at radius 2 is 2.14 bits per heavy atom. The van der Waals surface area contributed by atoms with Crippen LogP contribution in [-0.4, -0.2) is 69.3 Å². The molecule has 1 aliphatic rings. The van der Waals surface area contributed by atoms with Gasteiger partial charge in [-0.05, 0) is 48.7 Å². The first-order valence-corrected chi connectivity index (χ1v) is 12.6. The zero-order chi connectivity index (χ0) is 21.0. The van der Waals surface area contributed by atoms with Crippen molar-refractivity contribution in [2.75, 3.05) is 23.8 Å². The molecule has 0 spiro atoms. The predicted molar refractivity (Wildman–Crippen MR) is 113 cm³/mol. The van der Waals surface area contributed by atoms with Crippen LogP contribution in [0.2, 0.25) is 0 Å². The average Bonchev–Trinajstić information content (AvgIpc) is 3.26. The number of hydrogen-bond donors (Lipinski definition) is 0. The van der Waals surface area contributed by atoms with Crippen LogP contribution < -0.4 is 0 Å². The Labute approximate surface area is 176 Å². The molecule has 10 heteroatoms. The Kier molecular flexibility index (Phi) is 6.94. The van der Waals surface area contributed by atoms with E-state index in [0.29, 0.717) is 18.1 Å². The second-order valence-electron chi connectivity index (χ2n) is 7.45. The van der Waals surface area contributed by atoms with E-state index in [1.54, 1.807) is 9.58 Å². The quantitative estimate of drug-likeness (QED) is 0.584. The van der Waals surface area contributed by atoms with Crippen molar-refractivity contribution >= 4 is 27.5 Å². The zero-order valence-electron chi connectivity index (χ0n) is 17.0. The van der Waals surface area contributed by atoms with E-state index in [-0.39, 0.29) is 29.2 Å². The van der Waals surface area contributed by atoms with Gasteiger partial charge in [-0.3, -0.25) is 4.79 Å². The molecule has 29 heavy (non-hydrogen) atoms. The molecule has 8 nitrogen and oxygen atoms in total. The zero-order valence-corrected chi connectivity index (χ0v) is 18.7. The molecule has 0 aliphatic carbocycles. The Balaban J connectivity index is 1.71. The van der Waals surface area contributed by atoms with Crippen LogP contribution in [0.15, 0.2) is 23.4 Å². The number of carbonyl (C=O) groups is 1. The van der Waals surface area contributed by atoms with Gasteiger partial charge in [0.2, 0.25) is 11.1 Å². The molecule has 2 heterocycles. The summed E-state index contributed by atoms with van der Waals surface area (Å²) in [5.74, 6) is 0.325. The van der Waals surface area contributed by atoms with Gasteiger partial charge in [-0.25, -0.2) is 8.42 Å². The minimum absolute atomic E-state index is 0.0629. The van der Waals surface area contributed by atoms with E-state index in [1.165, 1.54) is 11.8 Å². The molecule has 0 N–H and O–H groups in total. The number of benzene rings is 1. The summed E-state index contributed by atoms with van der Waals surface area (Å²) in [4.78, 5) is 14.7. The minimum Gasteiger partial charge on any atom is -0.338 e. The predicted octanol–water partition coefficient (Wildman–Crippen LogP) is 2.19. The molecule has 1 saturated heterocycles. The van der Waals surface area contributed by atoms with Gasteiger partial charge in [0.25, 0.3) is 0 Å². The third kappa shape index (κ3) is 5.36. The molecule has 0 radical (unpaired) electrons. The fraction of sp³-hybridized carbons (Fsp3) is 0.579. The summed E-state index contributed by atoms with van der Waals surface area (Å²) >= 11 is 1.28. The van der Waals surface area contributed by atoms with Crippen molar-refractivity contribution in [3.05, 3.63) is 29.3 Å². The topological polar surface area (TPSA) is 98.1 Å². The SMILES string of the molecule is CCCCN(C(=O)CSc1nnnn1-c1ccc(C)cc1C)C1CCS(=O)(=O)C1. The molecule has 1 aliphatic heterocycles. The van der Waals surface area contributed by atoms with Crippen molar-refractivity contribution in [2.24, 2.45) is 0 Å². The number of hydrogen-bond acceptors (Lipinski definition) is 7. The Hall–Kier alpha value is -1.94. The van der Waals surface area contributed by atoms with E-state index in [1.807, 2.05) is 26.0 Å². The molecule has 0 bridgehead atoms. The molecule has 2 aromatic rings. The normalized spacial score (nSPS) is 18.1. The number of tetrazole rings is 1. The van der Waals surface area contributed by atoms with E-state index < -0.39 is 9.84 Å². The fourth-order valence-corrected chi connectivity index (χ4v) is 6.03. The molecule has 1 atom stereocenters. The van der Waals surface area contributed by atoms with E-state index in [0.717, 1.165) is 29.7 Å². The van der Waals surface area contributed by atoms with Crippen LogP contribution in [0.3, 0.4) is 0 Å². The maximum absolute atomic E-state index is 12.9. The lowest BCUT2D eigenvalue weighted by Crippen LogP contribution is -2.42. The van der Waals surface area contributed by atoms with Crippen LogP contribution in [0.25, 0.3) is 5.69 Å². The standard InChI is InChI=1S/C19H27N5O3S2/c1-4-5-9-23(16-8-10-29(26,27)13-16)18(25)12-28-19-20-21-22-24(19)17-7-6-14(2)11-15(17)3/h6-7,11,16H,4-5,8-10,12-13H2,1-3H3. The summed E-state index contributed by atoms with van der Waals surface area (Å²) in [5, 5.41) is 12.5. The van der Waals surface area contributed by atoms with Gasteiger partial charge >= 0.3 is 0 Å². The third-order valence-electron chi connectivity index (χ3n) is 5.07. The summed E-state index contributed by atoms with van der Waals surface area (Å²) in [5.41, 5.74) is 3.08. The maximum Gasteiger partial charge on any atom is 0.233 e. The highest BCUT2D eigenvalue weighted by molar-refractivity contribution is 7.99. The summed E-state index contributed by atoms with van der Waals surface area (Å²) in [6.45, 7) is 6.66. The molecule has 1 aromatic carbocycles. The van der Waals surface area contributed by atoms with E-state index in [4.69, 9.17) is 0 Å². The Morgan fingerprint density at radius 1 is 1.34 bits per heavy atom. The average molecular weight is 438 g/mol. The number of unbranched alkanes of at least 4 members (excludes halogenated alkanes) is 1. The summed E-state index contributed by atoms with van der Waals surface area (Å²) in [7, 11) is -3.05. The van der Waals surface area contributed by atoms with Gasteiger partial charge < -0.3 is 4.90 Å². The number of thioether (sulfide) groups is 1. The lowest BCUT2D eigenvalue weighted by Gasteiger charge is -2.28. The van der Waals surface area contributed by atoms with Gasteiger partial charge in [0.1, 0.15) is 0 Å². The highest BCUT2D eigenvalue weighted by Crippen LogP contribution is 2.24. The number of rotatable bonds is 8.